The highest BCUT2D eigenvalue weighted by Gasteiger charge is 2.67. The van der Waals surface area contributed by atoms with E-state index in [0.29, 0.717) is 34.5 Å². The third kappa shape index (κ3) is 3.01. The average Bonchev–Trinajstić information content (AvgIpc) is 4.05. The lowest BCUT2D eigenvalue weighted by atomic mass is 9.56. The number of hydrogen-bond acceptors (Lipinski definition) is 2. The highest BCUT2D eigenvalue weighted by Crippen LogP contribution is 2.78. The molecule has 4 heterocycles. The second kappa shape index (κ2) is 9.18. The first-order chi connectivity index (χ1) is 28.4. The van der Waals surface area contributed by atoms with Gasteiger partial charge in [-0.25, -0.2) is 0 Å². The summed E-state index contributed by atoms with van der Waals surface area (Å²) in [4.78, 5) is 11.2. The highest BCUT2D eigenvalue weighted by molar-refractivity contribution is 6.26. The summed E-state index contributed by atoms with van der Waals surface area (Å²) < 4.78 is 2.68. The third-order valence-corrected chi connectivity index (χ3v) is 20.3. The third-order valence-electron chi connectivity index (χ3n) is 20.3. The lowest BCUT2D eigenvalue weighted by Crippen LogP contribution is -2.41. The molecule has 6 fully saturated rings. The summed E-state index contributed by atoms with van der Waals surface area (Å²) >= 11 is 0. The summed E-state index contributed by atoms with van der Waals surface area (Å²) in [7, 11) is 0. The first-order valence-electron chi connectivity index (χ1n) is 23.1. The molecule has 10 atom stereocenters. The zero-order valence-corrected chi connectivity index (χ0v) is 33.5. The van der Waals surface area contributed by atoms with E-state index < -0.39 is 0 Å². The molecule has 58 heavy (non-hydrogen) atoms. The zero-order valence-electron chi connectivity index (χ0n) is 33.5. The van der Waals surface area contributed by atoms with Gasteiger partial charge in [0.15, 0.2) is 0 Å². The van der Waals surface area contributed by atoms with E-state index in [-0.39, 0.29) is 5.41 Å². The summed E-state index contributed by atoms with van der Waals surface area (Å²) in [5.41, 5.74) is 20.1. The Morgan fingerprint density at radius 2 is 1.07 bits per heavy atom. The lowest BCUT2D eigenvalue weighted by molar-refractivity contribution is 0.00321. The molecule has 3 nitrogen and oxygen atoms in total. The predicted octanol–water partition coefficient (Wildman–Crippen LogP) is 13.5. The van der Waals surface area contributed by atoms with E-state index in [0.717, 1.165) is 23.7 Å². The van der Waals surface area contributed by atoms with E-state index in [4.69, 9.17) is 9.97 Å². The number of fused-ring (bicyclic) bond motifs is 23. The van der Waals surface area contributed by atoms with Crippen molar-refractivity contribution in [1.29, 1.82) is 0 Å². The van der Waals surface area contributed by atoms with Crippen LogP contribution < -0.4 is 0 Å². The minimum Gasteiger partial charge on any atom is -0.305 e. The van der Waals surface area contributed by atoms with E-state index >= 15 is 0 Å². The minimum atomic E-state index is -0.0724. The van der Waals surface area contributed by atoms with E-state index in [1.807, 2.05) is 0 Å². The fraction of sp³-hybridized carbons (Fsp3) is 0.418. The van der Waals surface area contributed by atoms with Crippen molar-refractivity contribution in [1.82, 2.24) is 14.4 Å². The fourth-order valence-corrected chi connectivity index (χ4v) is 18.2. The largest absolute Gasteiger partial charge is 0.305 e. The van der Waals surface area contributed by atoms with Gasteiger partial charge >= 0.3 is 0 Å². The van der Waals surface area contributed by atoms with E-state index in [1.54, 1.807) is 11.1 Å². The van der Waals surface area contributed by atoms with Crippen molar-refractivity contribution in [3.63, 3.8) is 0 Å². The van der Waals surface area contributed by atoms with Crippen molar-refractivity contribution >= 4 is 48.9 Å². The average molecular weight is 750 g/mol. The molecule has 4 aromatic heterocycles. The summed E-state index contributed by atoms with van der Waals surface area (Å²) in [5.74, 6) is 6.31. The Hall–Kier alpha value is -4.76. The van der Waals surface area contributed by atoms with Gasteiger partial charge in [-0.2, -0.15) is 0 Å². The van der Waals surface area contributed by atoms with Crippen molar-refractivity contribution in [2.24, 2.45) is 34.5 Å². The Bertz CT molecular complexity index is 3170. The standard InChI is InChI=1S/C55H47N3/c1-53(2)41-10-6-5-9-37(41)47-36-8-4-3-7-35(36)38(19-42(47)53)26-15-39-48-43(24-56-50-29-13-33-17-31-11-27(45(48)50)20-54(31,33)22-29)58-44-25-57-51-30-14-34-18-32-12-28(21-55(32,34)23-30)46(51)49(44)40(16-26)52(39)58/h3-10,15-16,19,24-25,27-34H,11-14,17-18,20-23H2,1-2H3. The maximum absolute atomic E-state index is 5.60. The molecule has 282 valence electrons. The van der Waals surface area contributed by atoms with Gasteiger partial charge in [0.05, 0.1) is 28.9 Å². The number of rotatable bonds is 1. The minimum absolute atomic E-state index is 0.0724. The van der Waals surface area contributed by atoms with Gasteiger partial charge < -0.3 is 4.40 Å². The Kier molecular flexibility index (Phi) is 4.80. The maximum atomic E-state index is 5.60. The molecule has 17 rings (SSSR count). The number of nitrogens with zero attached hydrogens (tertiary/aromatic N) is 3. The van der Waals surface area contributed by atoms with Gasteiger partial charge in [0.2, 0.25) is 0 Å². The van der Waals surface area contributed by atoms with Gasteiger partial charge in [-0.15, -0.1) is 0 Å². The number of pyridine rings is 2. The normalized spacial score (nSPS) is 35.7. The SMILES string of the molecule is CC1(C)c2ccccc2-c2c1cc(-c1cc3c4c5c(ncc4n4c6cnc7c(c6c(c1)c34)C1CC3CC4CC7CC43C1)C1CC3CC4CC5CC34C1)c1ccccc21. The van der Waals surface area contributed by atoms with Crippen LogP contribution in [0.3, 0.4) is 0 Å². The Morgan fingerprint density at radius 3 is 1.69 bits per heavy atom. The van der Waals surface area contributed by atoms with Crippen molar-refractivity contribution in [2.75, 3.05) is 0 Å². The number of hydrogen-bond donors (Lipinski definition) is 0. The molecule has 2 spiro atoms. The topological polar surface area (TPSA) is 30.2 Å². The van der Waals surface area contributed by atoms with Crippen LogP contribution in [-0.4, -0.2) is 14.4 Å². The van der Waals surface area contributed by atoms with Gasteiger partial charge in [-0.05, 0) is 184 Å². The number of benzene rings is 4. The van der Waals surface area contributed by atoms with Crippen LogP contribution in [0.1, 0.15) is 135 Å². The molecule has 9 aliphatic rings. The van der Waals surface area contributed by atoms with Crippen LogP contribution in [0.25, 0.3) is 71.1 Å². The van der Waals surface area contributed by atoms with Crippen LogP contribution in [0.2, 0.25) is 0 Å². The second-order valence-electron chi connectivity index (χ2n) is 22.2. The molecule has 8 aromatic rings. The van der Waals surface area contributed by atoms with Crippen LogP contribution in [0.4, 0.5) is 0 Å². The molecule has 0 amide bonds. The summed E-state index contributed by atoms with van der Waals surface area (Å²) in [6, 6.07) is 26.5. The predicted molar refractivity (Wildman–Crippen MR) is 233 cm³/mol. The van der Waals surface area contributed by atoms with E-state index in [9.17, 15) is 0 Å². The van der Waals surface area contributed by atoms with Crippen molar-refractivity contribution in [3.05, 3.63) is 113 Å². The van der Waals surface area contributed by atoms with Crippen molar-refractivity contribution in [2.45, 2.75) is 107 Å². The first kappa shape index (κ1) is 30.3. The Balaban J connectivity index is 1.03. The van der Waals surface area contributed by atoms with E-state index in [1.165, 1.54) is 158 Å². The Labute approximate surface area is 338 Å². The molecule has 6 bridgehead atoms. The molecule has 6 saturated carbocycles. The molecule has 0 N–H and O–H groups in total. The molecule has 3 heteroatoms. The molecule has 0 saturated heterocycles. The van der Waals surface area contributed by atoms with E-state index in [2.05, 4.69) is 97.4 Å². The highest BCUT2D eigenvalue weighted by atomic mass is 15.0. The van der Waals surface area contributed by atoms with Gasteiger partial charge in [0.1, 0.15) is 0 Å². The molecule has 0 aliphatic heterocycles. The van der Waals surface area contributed by atoms with Crippen LogP contribution in [0.15, 0.2) is 79.1 Å². The summed E-state index contributed by atoms with van der Waals surface area (Å²) in [6.07, 6.45) is 18.7. The van der Waals surface area contributed by atoms with Crippen LogP contribution in [0.5, 0.6) is 0 Å². The second-order valence-corrected chi connectivity index (χ2v) is 22.2. The molecular weight excluding hydrogens is 703 g/mol. The molecule has 4 aromatic carbocycles. The summed E-state index contributed by atoms with van der Waals surface area (Å²) in [5, 5.41) is 8.79. The molecule has 10 unspecified atom stereocenters. The Morgan fingerprint density at radius 1 is 0.534 bits per heavy atom. The van der Waals surface area contributed by atoms with Gasteiger partial charge in [0, 0.05) is 50.2 Å². The van der Waals surface area contributed by atoms with Gasteiger partial charge in [-0.3, -0.25) is 9.97 Å². The summed E-state index contributed by atoms with van der Waals surface area (Å²) in [6.45, 7) is 4.90. The van der Waals surface area contributed by atoms with Crippen LogP contribution in [0, 0.1) is 34.5 Å². The van der Waals surface area contributed by atoms with Gasteiger partial charge in [0.25, 0.3) is 0 Å². The molecular formula is C55H47N3. The lowest BCUT2D eigenvalue weighted by Gasteiger charge is -2.48. The van der Waals surface area contributed by atoms with Crippen molar-refractivity contribution < 1.29 is 0 Å². The molecule has 0 radical (unpaired) electrons. The monoisotopic (exact) mass is 749 g/mol. The zero-order chi connectivity index (χ0) is 37.3. The van der Waals surface area contributed by atoms with Crippen LogP contribution in [-0.2, 0) is 5.41 Å². The van der Waals surface area contributed by atoms with Gasteiger partial charge in [-0.1, -0.05) is 62.4 Å². The number of aromatic nitrogens is 3. The quantitative estimate of drug-likeness (QED) is 0.167. The smallest absolute Gasteiger partial charge is 0.0728 e. The van der Waals surface area contributed by atoms with Crippen LogP contribution >= 0.6 is 0 Å². The van der Waals surface area contributed by atoms with Crippen molar-refractivity contribution in [3.8, 4) is 22.3 Å². The maximum Gasteiger partial charge on any atom is 0.0728 e. The first-order valence-corrected chi connectivity index (χ1v) is 23.1. The fourth-order valence-electron chi connectivity index (χ4n) is 18.2. The molecule has 9 aliphatic carbocycles.